The van der Waals surface area contributed by atoms with Crippen LogP contribution in [0.2, 0.25) is 0 Å². The van der Waals surface area contributed by atoms with E-state index in [0.717, 1.165) is 11.1 Å². The fourth-order valence-corrected chi connectivity index (χ4v) is 2.88. The van der Waals surface area contributed by atoms with Gasteiger partial charge < -0.3 is 20.1 Å². The molecule has 2 N–H and O–H groups in total. The number of hydrogen-bond acceptors (Lipinski definition) is 8. The summed E-state index contributed by atoms with van der Waals surface area (Å²) in [4.78, 5) is 25.4. The molecule has 0 unspecified atom stereocenters. The van der Waals surface area contributed by atoms with Gasteiger partial charge >= 0.3 is 11.9 Å². The molecule has 34 heavy (non-hydrogen) atoms. The molecule has 0 aliphatic rings. The third-order valence-electron chi connectivity index (χ3n) is 4.57. The Labute approximate surface area is 199 Å². The molecule has 0 spiro atoms. The average Bonchev–Trinajstić information content (AvgIpc) is 2.82. The number of nitriles is 2. The predicted octanol–water partition coefficient (Wildman–Crippen LogP) is 4.51. The Kier molecular flexibility index (Phi) is 9.43. The number of esters is 2. The van der Waals surface area contributed by atoms with Crippen molar-refractivity contribution < 1.29 is 19.1 Å². The number of benzene rings is 2. The fraction of sp³-hybridized carbons (Fsp3) is 0.231. The molecule has 2 aromatic rings. The standard InChI is InChI=1S/C26H26N4O4/c1-5-33-25(31)21(15-27)23(29-19-11-7-17(3)8-12-19)24(22(16-28)26(32)34-6-2)30-20-13-9-18(4)10-14-20/h7-14,29-30H,5-6H2,1-4H3. The van der Waals surface area contributed by atoms with E-state index in [9.17, 15) is 20.1 Å². The summed E-state index contributed by atoms with van der Waals surface area (Å²) in [6.07, 6.45) is 0. The zero-order chi connectivity index (χ0) is 25.1. The van der Waals surface area contributed by atoms with Gasteiger partial charge in [0.25, 0.3) is 0 Å². The Bertz CT molecular complexity index is 1090. The summed E-state index contributed by atoms with van der Waals surface area (Å²) in [6, 6.07) is 18.0. The molecule has 0 bridgehead atoms. The minimum Gasteiger partial charge on any atom is -0.462 e. The topological polar surface area (TPSA) is 124 Å². The van der Waals surface area contributed by atoms with Crippen molar-refractivity contribution in [2.75, 3.05) is 23.8 Å². The number of nitrogens with one attached hydrogen (secondary N) is 2. The molecule has 2 rings (SSSR count). The van der Waals surface area contributed by atoms with Crippen LogP contribution in [0.5, 0.6) is 0 Å². The van der Waals surface area contributed by atoms with E-state index in [0.29, 0.717) is 11.4 Å². The minimum absolute atomic E-state index is 0.0370. The van der Waals surface area contributed by atoms with E-state index in [-0.39, 0.29) is 24.6 Å². The summed E-state index contributed by atoms with van der Waals surface area (Å²) in [6.45, 7) is 7.13. The minimum atomic E-state index is -0.899. The van der Waals surface area contributed by atoms with E-state index < -0.39 is 23.1 Å². The van der Waals surface area contributed by atoms with Crippen molar-refractivity contribution in [1.82, 2.24) is 0 Å². The van der Waals surface area contributed by atoms with Gasteiger partial charge in [-0.1, -0.05) is 35.4 Å². The molecule has 0 aliphatic heterocycles. The maximum absolute atomic E-state index is 12.7. The quantitative estimate of drug-likeness (QED) is 0.243. The van der Waals surface area contributed by atoms with Crippen LogP contribution in [0.3, 0.4) is 0 Å². The van der Waals surface area contributed by atoms with Crippen LogP contribution < -0.4 is 10.6 Å². The maximum atomic E-state index is 12.7. The molecule has 0 heterocycles. The van der Waals surface area contributed by atoms with Crippen LogP contribution in [0, 0.1) is 36.5 Å². The van der Waals surface area contributed by atoms with Crippen LogP contribution in [-0.2, 0) is 19.1 Å². The second kappa shape index (κ2) is 12.5. The first-order chi connectivity index (χ1) is 16.3. The van der Waals surface area contributed by atoms with E-state index in [1.54, 1.807) is 38.1 Å². The van der Waals surface area contributed by atoms with Gasteiger partial charge in [-0.05, 0) is 52.0 Å². The molecule has 174 valence electrons. The molecule has 8 heteroatoms. The molecule has 0 amide bonds. The average molecular weight is 459 g/mol. The Morgan fingerprint density at radius 3 is 1.29 bits per heavy atom. The Morgan fingerprint density at radius 2 is 1.03 bits per heavy atom. The highest BCUT2D eigenvalue weighted by atomic mass is 16.5. The van der Waals surface area contributed by atoms with E-state index >= 15 is 0 Å². The molecule has 0 saturated carbocycles. The predicted molar refractivity (Wildman–Crippen MR) is 128 cm³/mol. The summed E-state index contributed by atoms with van der Waals surface area (Å²) in [5.41, 5.74) is 2.07. The first-order valence-corrected chi connectivity index (χ1v) is 10.6. The molecular weight excluding hydrogens is 432 g/mol. The van der Waals surface area contributed by atoms with Crippen LogP contribution >= 0.6 is 0 Å². The monoisotopic (exact) mass is 458 g/mol. The van der Waals surface area contributed by atoms with Gasteiger partial charge in [0.2, 0.25) is 0 Å². The molecule has 2 aromatic carbocycles. The number of aryl methyl sites for hydroxylation is 2. The summed E-state index contributed by atoms with van der Waals surface area (Å²) in [7, 11) is 0. The number of nitrogens with zero attached hydrogens (tertiary/aromatic N) is 2. The zero-order valence-electron chi connectivity index (χ0n) is 19.6. The van der Waals surface area contributed by atoms with Gasteiger partial charge in [-0.15, -0.1) is 0 Å². The lowest BCUT2D eigenvalue weighted by Crippen LogP contribution is -2.22. The van der Waals surface area contributed by atoms with Crippen LogP contribution in [0.25, 0.3) is 0 Å². The first-order valence-electron chi connectivity index (χ1n) is 10.6. The number of carbonyl (C=O) groups is 2. The summed E-state index contributed by atoms with van der Waals surface area (Å²) >= 11 is 0. The SMILES string of the molecule is CCOC(=O)C(C#N)=C(Nc1ccc(C)cc1)C(Nc1ccc(C)cc1)=C(C#N)C(=O)OCC. The van der Waals surface area contributed by atoms with Crippen molar-refractivity contribution >= 4 is 23.3 Å². The van der Waals surface area contributed by atoms with Gasteiger partial charge in [-0.3, -0.25) is 0 Å². The van der Waals surface area contributed by atoms with Gasteiger partial charge in [0.05, 0.1) is 24.6 Å². The van der Waals surface area contributed by atoms with E-state index in [1.807, 2.05) is 50.3 Å². The van der Waals surface area contributed by atoms with Crippen LogP contribution in [0.15, 0.2) is 71.1 Å². The lowest BCUT2D eigenvalue weighted by molar-refractivity contribution is -0.139. The maximum Gasteiger partial charge on any atom is 0.351 e. The highest BCUT2D eigenvalue weighted by molar-refractivity contribution is 5.99. The van der Waals surface area contributed by atoms with E-state index in [4.69, 9.17) is 9.47 Å². The largest absolute Gasteiger partial charge is 0.462 e. The van der Waals surface area contributed by atoms with E-state index in [1.165, 1.54) is 0 Å². The number of ether oxygens (including phenoxy) is 2. The molecule has 0 radical (unpaired) electrons. The summed E-state index contributed by atoms with van der Waals surface area (Å²) in [5, 5.41) is 25.8. The molecular formula is C26H26N4O4. The molecule has 0 aliphatic carbocycles. The summed E-state index contributed by atoms with van der Waals surface area (Å²) in [5.74, 6) is -1.80. The second-order valence-electron chi connectivity index (χ2n) is 7.15. The third-order valence-corrected chi connectivity index (χ3v) is 4.57. The normalized spacial score (nSPS) is 11.7. The molecule has 0 fully saturated rings. The van der Waals surface area contributed by atoms with Crippen molar-refractivity contribution in [2.45, 2.75) is 27.7 Å². The van der Waals surface area contributed by atoms with Crippen molar-refractivity contribution in [3.05, 3.63) is 82.2 Å². The van der Waals surface area contributed by atoms with Crippen molar-refractivity contribution in [3.8, 4) is 12.1 Å². The van der Waals surface area contributed by atoms with Gasteiger partial charge in [0.1, 0.15) is 12.1 Å². The summed E-state index contributed by atoms with van der Waals surface area (Å²) < 4.78 is 10.1. The molecule has 0 aromatic heterocycles. The Morgan fingerprint density at radius 1 is 0.706 bits per heavy atom. The first kappa shape index (κ1) is 25.7. The van der Waals surface area contributed by atoms with Crippen molar-refractivity contribution in [3.63, 3.8) is 0 Å². The van der Waals surface area contributed by atoms with Crippen LogP contribution in [0.1, 0.15) is 25.0 Å². The zero-order valence-corrected chi connectivity index (χ0v) is 19.6. The second-order valence-corrected chi connectivity index (χ2v) is 7.15. The van der Waals surface area contributed by atoms with Crippen LogP contribution in [-0.4, -0.2) is 25.2 Å². The lowest BCUT2D eigenvalue weighted by Gasteiger charge is -2.20. The number of carbonyl (C=O) groups excluding carboxylic acids is 2. The smallest absolute Gasteiger partial charge is 0.351 e. The van der Waals surface area contributed by atoms with Crippen molar-refractivity contribution in [1.29, 1.82) is 10.5 Å². The van der Waals surface area contributed by atoms with Crippen molar-refractivity contribution in [2.24, 2.45) is 0 Å². The van der Waals surface area contributed by atoms with Crippen LogP contribution in [0.4, 0.5) is 11.4 Å². The molecule has 0 saturated heterocycles. The van der Waals surface area contributed by atoms with E-state index in [2.05, 4.69) is 10.6 Å². The fourth-order valence-electron chi connectivity index (χ4n) is 2.88. The lowest BCUT2D eigenvalue weighted by atomic mass is 10.1. The highest BCUT2D eigenvalue weighted by Gasteiger charge is 2.27. The number of anilines is 2. The van der Waals surface area contributed by atoms with Gasteiger partial charge in [-0.25, -0.2) is 9.59 Å². The third kappa shape index (κ3) is 6.72. The Balaban J connectivity index is 2.82. The van der Waals surface area contributed by atoms with Gasteiger partial charge in [0.15, 0.2) is 11.1 Å². The van der Waals surface area contributed by atoms with Gasteiger partial charge in [-0.2, -0.15) is 10.5 Å². The van der Waals surface area contributed by atoms with Gasteiger partial charge in [0, 0.05) is 11.4 Å². The number of rotatable bonds is 9. The Hall–Kier alpha value is -4.56. The molecule has 8 nitrogen and oxygen atoms in total. The highest BCUT2D eigenvalue weighted by Crippen LogP contribution is 2.26. The number of hydrogen-bond donors (Lipinski definition) is 2. The molecule has 0 atom stereocenters.